The number of nitrogens with zero attached hydrogens (tertiary/aromatic N) is 8. The van der Waals surface area contributed by atoms with Crippen molar-refractivity contribution in [2.45, 2.75) is 23.9 Å². The van der Waals surface area contributed by atoms with Gasteiger partial charge in [-0.15, -0.1) is 0 Å². The molecule has 12 nitrogen and oxygen atoms in total. The minimum Gasteiger partial charge on any atom is -0.435 e. The van der Waals surface area contributed by atoms with Gasteiger partial charge < -0.3 is 14.5 Å². The summed E-state index contributed by atoms with van der Waals surface area (Å²) >= 11 is 0. The van der Waals surface area contributed by atoms with E-state index in [9.17, 15) is 21.6 Å². The first-order valence-electron chi connectivity index (χ1n) is 13.0. The number of alkyl halides is 5. The lowest BCUT2D eigenvalue weighted by Crippen LogP contribution is -2.45. The summed E-state index contributed by atoms with van der Waals surface area (Å²) in [5, 5.41) is 3.78. The lowest BCUT2D eigenvalue weighted by atomic mass is 9.98. The Morgan fingerprint density at radius 1 is 0.932 bits per heavy atom. The number of rotatable bonds is 8. The third-order valence-electron chi connectivity index (χ3n) is 6.78. The number of aryl methyl sites for hydroxylation is 2. The van der Waals surface area contributed by atoms with Gasteiger partial charge in [-0.2, -0.15) is 32.0 Å². The zero-order valence-electron chi connectivity index (χ0n) is 23.5. The molecule has 0 spiro atoms. The number of hydrogen-bond donors (Lipinski definition) is 1. The van der Waals surface area contributed by atoms with Crippen LogP contribution in [-0.2, 0) is 23.0 Å². The van der Waals surface area contributed by atoms with E-state index in [-0.39, 0.29) is 21.8 Å². The van der Waals surface area contributed by atoms with Gasteiger partial charge in [0, 0.05) is 45.0 Å². The maximum Gasteiger partial charge on any atom is 0.458 e. The summed E-state index contributed by atoms with van der Waals surface area (Å²) in [7, 11) is -1.03. The molecule has 1 saturated heterocycles. The fraction of sp³-hybridized carbons (Fsp3) is 0.346. The number of hydrogen-bond acceptors (Lipinski definition) is 10. The Labute approximate surface area is 248 Å². The highest BCUT2D eigenvalue weighted by atomic mass is 32.2. The van der Waals surface area contributed by atoms with Gasteiger partial charge in [-0.3, -0.25) is 4.68 Å². The molecule has 4 aromatic rings. The molecule has 5 rings (SSSR count). The van der Waals surface area contributed by atoms with Crippen molar-refractivity contribution in [1.82, 2.24) is 34.6 Å². The maximum atomic E-state index is 15.3. The number of likely N-dealkylation sites (N-methyl/N-ethyl adjacent to an activating group) is 1. The highest BCUT2D eigenvalue weighted by molar-refractivity contribution is 7.92. The van der Waals surface area contributed by atoms with E-state index < -0.39 is 45.2 Å². The van der Waals surface area contributed by atoms with Crippen molar-refractivity contribution >= 4 is 21.9 Å². The van der Waals surface area contributed by atoms with Crippen LogP contribution in [0, 0.1) is 6.92 Å². The van der Waals surface area contributed by atoms with Gasteiger partial charge in [0.25, 0.3) is 10.0 Å². The SMILES string of the molecule is Cc1ccccc1-c1nc(NS(=O)(=O)c2cnn(C)c2)nc(Oc2cnc(N3CCN(C)CC3)nc2)c1C(F)(F)C(F)(F)F. The number of anilines is 2. The van der Waals surface area contributed by atoms with Crippen LogP contribution in [0.5, 0.6) is 11.6 Å². The molecular weight excluding hydrogens is 613 g/mol. The van der Waals surface area contributed by atoms with Crippen molar-refractivity contribution in [3.8, 4) is 22.9 Å². The lowest BCUT2D eigenvalue weighted by Gasteiger charge is -2.32. The van der Waals surface area contributed by atoms with Crippen molar-refractivity contribution in [3.05, 3.63) is 60.2 Å². The van der Waals surface area contributed by atoms with Crippen LogP contribution >= 0.6 is 0 Å². The van der Waals surface area contributed by atoms with E-state index in [2.05, 4.69) is 29.9 Å². The van der Waals surface area contributed by atoms with Gasteiger partial charge >= 0.3 is 12.1 Å². The molecule has 4 heterocycles. The highest BCUT2D eigenvalue weighted by Gasteiger charge is 2.62. The molecule has 1 aliphatic rings. The molecule has 0 amide bonds. The number of halogens is 5. The molecule has 0 saturated carbocycles. The minimum absolute atomic E-state index is 0.137. The topological polar surface area (TPSA) is 131 Å². The van der Waals surface area contributed by atoms with Crippen LogP contribution in [-0.4, -0.2) is 82.4 Å². The Morgan fingerprint density at radius 2 is 1.59 bits per heavy atom. The van der Waals surface area contributed by atoms with Crippen molar-refractivity contribution in [2.24, 2.45) is 7.05 Å². The van der Waals surface area contributed by atoms with Crippen molar-refractivity contribution in [1.29, 1.82) is 0 Å². The van der Waals surface area contributed by atoms with Crippen LogP contribution in [0.4, 0.5) is 33.8 Å². The molecule has 1 N–H and O–H groups in total. The maximum absolute atomic E-state index is 15.3. The molecule has 44 heavy (non-hydrogen) atoms. The average molecular weight is 640 g/mol. The van der Waals surface area contributed by atoms with Gasteiger partial charge in [0.1, 0.15) is 10.5 Å². The van der Waals surface area contributed by atoms with Crippen LogP contribution in [0.15, 0.2) is 53.9 Å². The zero-order chi connectivity index (χ0) is 31.9. The van der Waals surface area contributed by atoms with Crippen LogP contribution in [0.2, 0.25) is 0 Å². The molecule has 0 bridgehead atoms. The second-order valence-corrected chi connectivity index (χ2v) is 11.7. The molecule has 234 valence electrons. The Morgan fingerprint density at radius 3 is 2.18 bits per heavy atom. The number of piperazine rings is 1. The zero-order valence-corrected chi connectivity index (χ0v) is 24.4. The van der Waals surface area contributed by atoms with E-state index in [4.69, 9.17) is 4.74 Å². The second-order valence-electron chi connectivity index (χ2n) is 10.0. The lowest BCUT2D eigenvalue weighted by molar-refractivity contribution is -0.289. The predicted octanol–water partition coefficient (Wildman–Crippen LogP) is 3.97. The van der Waals surface area contributed by atoms with Crippen molar-refractivity contribution in [3.63, 3.8) is 0 Å². The van der Waals surface area contributed by atoms with Crippen molar-refractivity contribution < 1.29 is 35.1 Å². The molecule has 0 atom stereocenters. The standard InChI is InChI=1S/C26H26F5N9O3S/c1-16-6-4-5-7-19(16)21-20(25(27,28)26(29,30)31)22(36-23(35-21)37-44(41,42)18-14-34-39(3)15-18)43-17-12-32-24(33-13-17)40-10-8-38(2)9-11-40/h4-7,12-15H,8-11H2,1-3H3,(H,35,36,37). The molecule has 1 fully saturated rings. The average Bonchev–Trinajstić information content (AvgIpc) is 3.40. The minimum atomic E-state index is -6.09. The summed E-state index contributed by atoms with van der Waals surface area (Å²) in [6.07, 6.45) is -1.73. The van der Waals surface area contributed by atoms with Gasteiger partial charge in [-0.05, 0) is 19.5 Å². The van der Waals surface area contributed by atoms with Gasteiger partial charge in [0.05, 0.1) is 24.3 Å². The fourth-order valence-electron chi connectivity index (χ4n) is 4.38. The molecule has 18 heteroatoms. The van der Waals surface area contributed by atoms with Crippen LogP contribution < -0.4 is 14.4 Å². The monoisotopic (exact) mass is 639 g/mol. The molecular formula is C26H26F5N9O3S. The molecule has 0 radical (unpaired) electrons. The summed E-state index contributed by atoms with van der Waals surface area (Å²) in [6.45, 7) is 4.20. The summed E-state index contributed by atoms with van der Waals surface area (Å²) in [6, 6.07) is 5.69. The Kier molecular flexibility index (Phi) is 8.15. The quantitative estimate of drug-likeness (QED) is 0.283. The summed E-state index contributed by atoms with van der Waals surface area (Å²) < 4.78 is 107. The third-order valence-corrected chi connectivity index (χ3v) is 8.06. The molecule has 0 aliphatic carbocycles. The molecule has 1 aromatic carbocycles. The fourth-order valence-corrected chi connectivity index (χ4v) is 5.30. The highest BCUT2D eigenvalue weighted by Crippen LogP contribution is 2.51. The Balaban J connectivity index is 1.65. The van der Waals surface area contributed by atoms with Crippen LogP contribution in [0.1, 0.15) is 11.1 Å². The number of aromatic nitrogens is 6. The van der Waals surface area contributed by atoms with Gasteiger partial charge in [0.2, 0.25) is 17.8 Å². The largest absolute Gasteiger partial charge is 0.458 e. The summed E-state index contributed by atoms with van der Waals surface area (Å²) in [5.74, 6) is -7.61. The number of benzene rings is 1. The number of sulfonamides is 1. The third kappa shape index (κ3) is 6.26. The normalized spacial score (nSPS) is 15.0. The first kappa shape index (κ1) is 31.0. The van der Waals surface area contributed by atoms with E-state index in [1.807, 2.05) is 16.7 Å². The van der Waals surface area contributed by atoms with Gasteiger partial charge in [-0.1, -0.05) is 24.3 Å². The first-order chi connectivity index (χ1) is 20.7. The summed E-state index contributed by atoms with van der Waals surface area (Å²) in [4.78, 5) is 19.6. The number of nitrogens with one attached hydrogen (secondary N) is 1. The Hall–Kier alpha value is -4.45. The van der Waals surface area contributed by atoms with Crippen LogP contribution in [0.25, 0.3) is 11.3 Å². The first-order valence-corrected chi connectivity index (χ1v) is 14.5. The number of ether oxygens (including phenoxy) is 1. The van der Waals surface area contributed by atoms with E-state index in [1.54, 1.807) is 6.07 Å². The van der Waals surface area contributed by atoms with Crippen molar-refractivity contribution in [2.75, 3.05) is 42.8 Å². The second kappa shape index (κ2) is 11.6. The van der Waals surface area contributed by atoms with E-state index in [0.29, 0.717) is 19.0 Å². The van der Waals surface area contributed by atoms with E-state index >= 15 is 8.78 Å². The Bertz CT molecular complexity index is 1760. The summed E-state index contributed by atoms with van der Waals surface area (Å²) in [5.41, 5.74) is -2.47. The predicted molar refractivity (Wildman–Crippen MR) is 148 cm³/mol. The van der Waals surface area contributed by atoms with E-state index in [1.165, 1.54) is 36.9 Å². The van der Waals surface area contributed by atoms with Crippen LogP contribution in [0.3, 0.4) is 0 Å². The van der Waals surface area contributed by atoms with Gasteiger partial charge in [0.15, 0.2) is 5.75 Å². The van der Waals surface area contributed by atoms with E-state index in [0.717, 1.165) is 37.9 Å². The molecule has 1 aliphatic heterocycles. The smallest absolute Gasteiger partial charge is 0.435 e. The van der Waals surface area contributed by atoms with Gasteiger partial charge in [-0.25, -0.2) is 28.1 Å². The molecule has 0 unspecified atom stereocenters. The molecule has 3 aromatic heterocycles.